The Morgan fingerprint density at radius 1 is 1.05 bits per heavy atom. The van der Waals surface area contributed by atoms with Crippen LogP contribution in [0.1, 0.15) is 20.8 Å². The Morgan fingerprint density at radius 3 is 2.16 bits per heavy atom. The predicted octanol–water partition coefficient (Wildman–Crippen LogP) is 3.16. The monoisotopic (exact) mass is 286 g/mol. The average Bonchev–Trinajstić information content (AvgIpc) is 2.34. The molecule has 108 valence electrons. The predicted molar refractivity (Wildman–Crippen MR) is 80.8 cm³/mol. The Morgan fingerprint density at radius 2 is 1.63 bits per heavy atom. The topological polar surface area (TPSA) is 42.5 Å². The van der Waals surface area contributed by atoms with Crippen molar-refractivity contribution in [3.63, 3.8) is 0 Å². The fraction of sp³-hybridized carbons (Fsp3) is 0.571. The third-order valence-corrected chi connectivity index (χ3v) is 2.88. The molecule has 0 atom stereocenters. The van der Waals surface area contributed by atoms with Gasteiger partial charge in [-0.3, -0.25) is 0 Å². The second kappa shape index (κ2) is 6.87. The van der Waals surface area contributed by atoms with Gasteiger partial charge in [-0.2, -0.15) is 0 Å². The minimum Gasteiger partial charge on any atom is -0.493 e. The summed E-state index contributed by atoms with van der Waals surface area (Å²) in [6.07, 6.45) is 0. The molecule has 1 aromatic carbocycles. The quantitative estimate of drug-likeness (QED) is 0.789. The fourth-order valence-electron chi connectivity index (χ4n) is 1.62. The van der Waals surface area contributed by atoms with E-state index >= 15 is 0 Å². The van der Waals surface area contributed by atoms with E-state index in [0.29, 0.717) is 16.5 Å². The summed E-state index contributed by atoms with van der Waals surface area (Å²) in [5, 5.41) is 7.30. The van der Waals surface area contributed by atoms with Crippen molar-refractivity contribution < 1.29 is 9.47 Å². The minimum atomic E-state index is 0.114. The van der Waals surface area contributed by atoms with Crippen LogP contribution in [-0.2, 0) is 0 Å². The van der Waals surface area contributed by atoms with Crippen LogP contribution in [0, 0.1) is 0 Å². The van der Waals surface area contributed by atoms with Crippen LogP contribution in [0.2, 0.25) is 5.02 Å². The van der Waals surface area contributed by atoms with Crippen molar-refractivity contribution >= 4 is 17.3 Å². The third-order valence-electron chi connectivity index (χ3n) is 2.57. The number of ether oxygens (including phenoxy) is 2. The highest BCUT2D eigenvalue weighted by atomic mass is 35.5. The van der Waals surface area contributed by atoms with E-state index < -0.39 is 0 Å². The first kappa shape index (κ1) is 15.9. The molecule has 0 bridgehead atoms. The molecule has 0 aliphatic heterocycles. The largest absolute Gasteiger partial charge is 0.493 e. The Hall–Kier alpha value is -1.13. The third kappa shape index (κ3) is 5.17. The molecule has 4 nitrogen and oxygen atoms in total. The number of hydrogen-bond donors (Lipinski definition) is 2. The van der Waals surface area contributed by atoms with Gasteiger partial charge in [-0.25, -0.2) is 0 Å². The number of methoxy groups -OCH3 is 2. The van der Waals surface area contributed by atoms with Crippen molar-refractivity contribution in [2.75, 3.05) is 32.6 Å². The van der Waals surface area contributed by atoms with E-state index in [0.717, 1.165) is 18.8 Å². The van der Waals surface area contributed by atoms with Crippen LogP contribution < -0.4 is 20.1 Å². The van der Waals surface area contributed by atoms with Crippen LogP contribution in [0.3, 0.4) is 0 Å². The van der Waals surface area contributed by atoms with Gasteiger partial charge in [0.15, 0.2) is 11.5 Å². The maximum atomic E-state index is 6.19. The normalized spacial score (nSPS) is 11.3. The van der Waals surface area contributed by atoms with Crippen molar-refractivity contribution in [2.45, 2.75) is 26.3 Å². The lowest BCUT2D eigenvalue weighted by molar-refractivity contribution is 0.355. The van der Waals surface area contributed by atoms with E-state index in [2.05, 4.69) is 31.4 Å². The highest BCUT2D eigenvalue weighted by Gasteiger charge is 2.10. The summed E-state index contributed by atoms with van der Waals surface area (Å²) in [6, 6.07) is 3.60. The summed E-state index contributed by atoms with van der Waals surface area (Å²) >= 11 is 6.19. The molecule has 1 aromatic rings. The summed E-state index contributed by atoms with van der Waals surface area (Å²) in [6.45, 7) is 8.05. The molecule has 0 unspecified atom stereocenters. The molecule has 1 rings (SSSR count). The highest BCUT2D eigenvalue weighted by molar-refractivity contribution is 6.33. The Kier molecular flexibility index (Phi) is 5.76. The van der Waals surface area contributed by atoms with E-state index in [1.165, 1.54) is 0 Å². The van der Waals surface area contributed by atoms with Crippen LogP contribution >= 0.6 is 11.6 Å². The molecule has 5 heteroatoms. The molecule has 0 spiro atoms. The molecular weight excluding hydrogens is 264 g/mol. The fourth-order valence-corrected chi connectivity index (χ4v) is 1.84. The molecule has 0 aromatic heterocycles. The van der Waals surface area contributed by atoms with Crippen LogP contribution in [0.5, 0.6) is 11.5 Å². The highest BCUT2D eigenvalue weighted by Crippen LogP contribution is 2.35. The van der Waals surface area contributed by atoms with Gasteiger partial charge in [0.25, 0.3) is 0 Å². The Labute approximate surface area is 120 Å². The zero-order chi connectivity index (χ0) is 14.5. The number of anilines is 1. The first-order chi connectivity index (χ1) is 8.87. The van der Waals surface area contributed by atoms with Gasteiger partial charge in [0.2, 0.25) is 0 Å². The van der Waals surface area contributed by atoms with Gasteiger partial charge in [0.05, 0.1) is 24.9 Å². The Bertz CT molecular complexity index is 417. The van der Waals surface area contributed by atoms with Gasteiger partial charge in [-0.05, 0) is 20.8 Å². The second-order valence-corrected chi connectivity index (χ2v) is 5.70. The number of nitrogens with one attached hydrogen (secondary N) is 2. The number of halogens is 1. The summed E-state index contributed by atoms with van der Waals surface area (Å²) in [7, 11) is 3.20. The lowest BCUT2D eigenvalue weighted by atomic mass is 10.1. The molecule has 0 heterocycles. The average molecular weight is 287 g/mol. The smallest absolute Gasteiger partial charge is 0.162 e. The van der Waals surface area contributed by atoms with Crippen LogP contribution in [0.25, 0.3) is 0 Å². The molecule has 2 N–H and O–H groups in total. The second-order valence-electron chi connectivity index (χ2n) is 5.29. The van der Waals surface area contributed by atoms with Gasteiger partial charge in [-0.15, -0.1) is 0 Å². The lowest BCUT2D eigenvalue weighted by Crippen LogP contribution is -2.38. The molecular formula is C14H23ClN2O2. The maximum absolute atomic E-state index is 6.19. The molecule has 0 radical (unpaired) electrons. The summed E-state index contributed by atoms with van der Waals surface area (Å²) in [5.74, 6) is 1.30. The first-order valence-corrected chi connectivity index (χ1v) is 6.65. The standard InChI is InChI=1S/C14H23ClN2O2/c1-14(2,3)17-7-6-16-11-9-13(19-5)12(18-4)8-10(11)15/h8-9,16-17H,6-7H2,1-5H3. The van der Waals surface area contributed by atoms with E-state index in [1.807, 2.05) is 6.07 Å². The molecule has 0 aliphatic carbocycles. The minimum absolute atomic E-state index is 0.114. The van der Waals surface area contributed by atoms with Crippen molar-refractivity contribution in [3.8, 4) is 11.5 Å². The summed E-state index contributed by atoms with van der Waals surface area (Å²) in [4.78, 5) is 0. The zero-order valence-corrected chi connectivity index (χ0v) is 13.0. The molecule has 0 saturated heterocycles. The lowest BCUT2D eigenvalue weighted by Gasteiger charge is -2.21. The van der Waals surface area contributed by atoms with Gasteiger partial charge < -0.3 is 20.1 Å². The molecule has 0 aliphatic rings. The molecule has 0 amide bonds. The number of hydrogen-bond acceptors (Lipinski definition) is 4. The van der Waals surface area contributed by atoms with Crippen LogP contribution in [0.15, 0.2) is 12.1 Å². The van der Waals surface area contributed by atoms with E-state index in [9.17, 15) is 0 Å². The van der Waals surface area contributed by atoms with E-state index in [1.54, 1.807) is 20.3 Å². The molecule has 19 heavy (non-hydrogen) atoms. The van der Waals surface area contributed by atoms with Crippen molar-refractivity contribution in [2.24, 2.45) is 0 Å². The van der Waals surface area contributed by atoms with E-state index in [-0.39, 0.29) is 5.54 Å². The number of benzene rings is 1. The van der Waals surface area contributed by atoms with Crippen molar-refractivity contribution in [1.29, 1.82) is 0 Å². The SMILES string of the molecule is COc1cc(Cl)c(NCCNC(C)(C)C)cc1OC. The first-order valence-electron chi connectivity index (χ1n) is 6.28. The van der Waals surface area contributed by atoms with E-state index in [4.69, 9.17) is 21.1 Å². The van der Waals surface area contributed by atoms with Gasteiger partial charge in [-0.1, -0.05) is 11.6 Å². The maximum Gasteiger partial charge on any atom is 0.162 e. The van der Waals surface area contributed by atoms with Gasteiger partial charge >= 0.3 is 0 Å². The molecule has 0 saturated carbocycles. The molecule has 0 fully saturated rings. The van der Waals surface area contributed by atoms with Crippen molar-refractivity contribution in [1.82, 2.24) is 5.32 Å². The number of rotatable bonds is 6. The summed E-state index contributed by atoms with van der Waals surface area (Å²) in [5.41, 5.74) is 0.957. The summed E-state index contributed by atoms with van der Waals surface area (Å²) < 4.78 is 10.4. The zero-order valence-electron chi connectivity index (χ0n) is 12.3. The Balaban J connectivity index is 2.63. The van der Waals surface area contributed by atoms with Gasteiger partial charge in [0, 0.05) is 30.8 Å². The van der Waals surface area contributed by atoms with Crippen molar-refractivity contribution in [3.05, 3.63) is 17.2 Å². The van der Waals surface area contributed by atoms with Crippen LogP contribution in [0.4, 0.5) is 5.69 Å². The van der Waals surface area contributed by atoms with Crippen LogP contribution in [-0.4, -0.2) is 32.8 Å². The van der Waals surface area contributed by atoms with Gasteiger partial charge in [0.1, 0.15) is 0 Å².